The first-order chi connectivity index (χ1) is 10.6. The molecule has 0 heterocycles. The van der Waals surface area contributed by atoms with Crippen LogP contribution in [0.2, 0.25) is 0 Å². The van der Waals surface area contributed by atoms with Crippen LogP contribution in [0.1, 0.15) is 24.8 Å². The molecule has 1 aromatic rings. The molecule has 0 aromatic heterocycles. The lowest BCUT2D eigenvalue weighted by atomic mass is 9.94. The SMILES string of the molecule is N#Cc1cc(NC(=O)C(=O)NC[C@H]2CC=CCC2)ccc1F. The van der Waals surface area contributed by atoms with Crippen molar-refractivity contribution in [1.82, 2.24) is 5.32 Å². The number of carbonyl (C=O) groups is 2. The van der Waals surface area contributed by atoms with E-state index in [1.807, 2.05) is 0 Å². The molecule has 1 aliphatic rings. The summed E-state index contributed by atoms with van der Waals surface area (Å²) >= 11 is 0. The number of carbonyl (C=O) groups excluding carboxylic acids is 2. The fourth-order valence-electron chi connectivity index (χ4n) is 2.24. The van der Waals surface area contributed by atoms with E-state index in [9.17, 15) is 14.0 Å². The van der Waals surface area contributed by atoms with E-state index in [0.717, 1.165) is 25.3 Å². The molecule has 0 spiro atoms. The van der Waals surface area contributed by atoms with Gasteiger partial charge in [0.25, 0.3) is 0 Å². The fraction of sp³-hybridized carbons (Fsp3) is 0.312. The molecular weight excluding hydrogens is 285 g/mol. The number of amides is 2. The Kier molecular flexibility index (Phi) is 5.26. The minimum atomic E-state index is -0.832. The van der Waals surface area contributed by atoms with E-state index in [1.165, 1.54) is 12.1 Å². The molecule has 0 bridgehead atoms. The van der Waals surface area contributed by atoms with Gasteiger partial charge in [0.1, 0.15) is 11.9 Å². The van der Waals surface area contributed by atoms with Crippen molar-refractivity contribution in [1.29, 1.82) is 5.26 Å². The van der Waals surface area contributed by atoms with E-state index in [0.29, 0.717) is 12.5 Å². The molecule has 1 aliphatic carbocycles. The van der Waals surface area contributed by atoms with Crippen molar-refractivity contribution in [3.8, 4) is 6.07 Å². The molecule has 1 aromatic carbocycles. The standard InChI is InChI=1S/C16H16FN3O2/c17-14-7-6-13(8-12(14)9-18)20-16(22)15(21)19-10-11-4-2-1-3-5-11/h1-2,6-8,11H,3-5,10H2,(H,19,21)(H,20,22)/t11-/m0/s1. The summed E-state index contributed by atoms with van der Waals surface area (Å²) in [6, 6.07) is 5.23. The predicted octanol–water partition coefficient (Wildman–Crippen LogP) is 2.11. The van der Waals surface area contributed by atoms with Gasteiger partial charge in [0.15, 0.2) is 0 Å². The maximum Gasteiger partial charge on any atom is 0.313 e. The van der Waals surface area contributed by atoms with E-state index >= 15 is 0 Å². The van der Waals surface area contributed by atoms with E-state index in [1.54, 1.807) is 6.07 Å². The van der Waals surface area contributed by atoms with Crippen LogP contribution in [-0.2, 0) is 9.59 Å². The quantitative estimate of drug-likeness (QED) is 0.662. The average molecular weight is 301 g/mol. The number of hydrogen-bond acceptors (Lipinski definition) is 3. The second-order valence-electron chi connectivity index (χ2n) is 5.12. The second kappa shape index (κ2) is 7.36. The number of nitrogens with one attached hydrogen (secondary N) is 2. The summed E-state index contributed by atoms with van der Waals surface area (Å²) in [6.07, 6.45) is 7.04. The van der Waals surface area contributed by atoms with E-state index in [2.05, 4.69) is 22.8 Å². The van der Waals surface area contributed by atoms with Gasteiger partial charge in [-0.05, 0) is 43.4 Å². The van der Waals surface area contributed by atoms with Crippen LogP contribution in [0.3, 0.4) is 0 Å². The molecule has 2 amide bonds. The maximum absolute atomic E-state index is 13.2. The molecule has 0 saturated heterocycles. The molecule has 22 heavy (non-hydrogen) atoms. The number of halogens is 1. The number of anilines is 1. The molecule has 0 saturated carbocycles. The molecule has 2 N–H and O–H groups in total. The molecule has 5 nitrogen and oxygen atoms in total. The predicted molar refractivity (Wildman–Crippen MR) is 79.2 cm³/mol. The summed E-state index contributed by atoms with van der Waals surface area (Å²) in [4.78, 5) is 23.5. The Morgan fingerprint density at radius 1 is 1.32 bits per heavy atom. The minimum Gasteiger partial charge on any atom is -0.348 e. The van der Waals surface area contributed by atoms with Crippen molar-refractivity contribution in [2.24, 2.45) is 5.92 Å². The molecule has 0 fully saturated rings. The van der Waals surface area contributed by atoms with Crippen LogP contribution in [0.4, 0.5) is 10.1 Å². The normalized spacial score (nSPS) is 16.6. The van der Waals surface area contributed by atoms with Crippen LogP contribution in [0.25, 0.3) is 0 Å². The van der Waals surface area contributed by atoms with Crippen molar-refractivity contribution >= 4 is 17.5 Å². The topological polar surface area (TPSA) is 82.0 Å². The van der Waals surface area contributed by atoms with Gasteiger partial charge in [-0.1, -0.05) is 12.2 Å². The first-order valence-corrected chi connectivity index (χ1v) is 7.04. The highest BCUT2D eigenvalue weighted by Crippen LogP contribution is 2.17. The molecule has 0 aliphatic heterocycles. The van der Waals surface area contributed by atoms with Crippen LogP contribution >= 0.6 is 0 Å². The lowest BCUT2D eigenvalue weighted by molar-refractivity contribution is -0.136. The summed E-state index contributed by atoms with van der Waals surface area (Å²) in [5, 5.41) is 13.7. The van der Waals surface area contributed by atoms with Gasteiger partial charge in [-0.2, -0.15) is 5.26 Å². The Morgan fingerprint density at radius 3 is 2.82 bits per heavy atom. The van der Waals surface area contributed by atoms with Gasteiger partial charge in [0, 0.05) is 12.2 Å². The van der Waals surface area contributed by atoms with E-state index in [4.69, 9.17) is 5.26 Å². The number of rotatable bonds is 3. The number of nitrogens with zero attached hydrogens (tertiary/aromatic N) is 1. The zero-order valence-electron chi connectivity index (χ0n) is 11.9. The Hall–Kier alpha value is -2.68. The van der Waals surface area contributed by atoms with Gasteiger partial charge in [0.2, 0.25) is 0 Å². The maximum atomic E-state index is 13.2. The highest BCUT2D eigenvalue weighted by Gasteiger charge is 2.17. The highest BCUT2D eigenvalue weighted by atomic mass is 19.1. The number of nitriles is 1. The Balaban J connectivity index is 1.87. The summed E-state index contributed by atoms with van der Waals surface area (Å²) in [6.45, 7) is 0.448. The van der Waals surface area contributed by atoms with Crippen molar-refractivity contribution in [3.63, 3.8) is 0 Å². The number of hydrogen-bond donors (Lipinski definition) is 2. The van der Waals surface area contributed by atoms with Gasteiger partial charge >= 0.3 is 11.8 Å². The lowest BCUT2D eigenvalue weighted by Gasteiger charge is -2.17. The first kappa shape index (κ1) is 15.7. The molecule has 1 atom stereocenters. The minimum absolute atomic E-state index is 0.188. The number of benzene rings is 1. The van der Waals surface area contributed by atoms with Crippen molar-refractivity contribution in [3.05, 3.63) is 41.7 Å². The van der Waals surface area contributed by atoms with Gasteiger partial charge in [0.05, 0.1) is 5.56 Å². The van der Waals surface area contributed by atoms with Crippen molar-refractivity contribution < 1.29 is 14.0 Å². The zero-order chi connectivity index (χ0) is 15.9. The largest absolute Gasteiger partial charge is 0.348 e. The third-order valence-corrected chi connectivity index (χ3v) is 3.48. The summed E-state index contributed by atoms with van der Waals surface area (Å²) < 4.78 is 13.2. The summed E-state index contributed by atoms with van der Waals surface area (Å²) in [7, 11) is 0. The Labute approximate surface area is 127 Å². The Bertz CT molecular complexity index is 649. The van der Waals surface area contributed by atoms with Crippen LogP contribution in [0.5, 0.6) is 0 Å². The van der Waals surface area contributed by atoms with Crippen LogP contribution in [-0.4, -0.2) is 18.4 Å². The summed E-state index contributed by atoms with van der Waals surface area (Å²) in [5.41, 5.74) is 0.0194. The molecule has 114 valence electrons. The average Bonchev–Trinajstić information content (AvgIpc) is 2.55. The van der Waals surface area contributed by atoms with Gasteiger partial charge in [-0.15, -0.1) is 0 Å². The third kappa shape index (κ3) is 4.16. The van der Waals surface area contributed by atoms with Crippen molar-refractivity contribution in [2.45, 2.75) is 19.3 Å². The van der Waals surface area contributed by atoms with Gasteiger partial charge in [-0.3, -0.25) is 9.59 Å². The van der Waals surface area contributed by atoms with Crippen molar-refractivity contribution in [2.75, 3.05) is 11.9 Å². The van der Waals surface area contributed by atoms with Crippen LogP contribution in [0.15, 0.2) is 30.4 Å². The molecule has 6 heteroatoms. The first-order valence-electron chi connectivity index (χ1n) is 7.04. The Morgan fingerprint density at radius 2 is 2.14 bits per heavy atom. The van der Waals surface area contributed by atoms with Crippen LogP contribution in [0, 0.1) is 23.1 Å². The van der Waals surface area contributed by atoms with Gasteiger partial charge in [-0.25, -0.2) is 4.39 Å². The molecular formula is C16H16FN3O2. The van der Waals surface area contributed by atoms with E-state index < -0.39 is 17.6 Å². The zero-order valence-corrected chi connectivity index (χ0v) is 11.9. The van der Waals surface area contributed by atoms with Gasteiger partial charge < -0.3 is 10.6 Å². The molecule has 2 rings (SSSR count). The lowest BCUT2D eigenvalue weighted by Crippen LogP contribution is -2.38. The monoisotopic (exact) mass is 301 g/mol. The molecule has 0 radical (unpaired) electrons. The second-order valence-corrected chi connectivity index (χ2v) is 5.12. The van der Waals surface area contributed by atoms with Crippen LogP contribution < -0.4 is 10.6 Å². The number of allylic oxidation sites excluding steroid dienone is 2. The third-order valence-electron chi connectivity index (χ3n) is 3.48. The summed E-state index contributed by atoms with van der Waals surface area (Å²) in [5.74, 6) is -1.90. The fourth-order valence-corrected chi connectivity index (χ4v) is 2.24. The molecule has 0 unspecified atom stereocenters. The smallest absolute Gasteiger partial charge is 0.313 e. The highest BCUT2D eigenvalue weighted by molar-refractivity contribution is 6.39. The van der Waals surface area contributed by atoms with E-state index in [-0.39, 0.29) is 11.3 Å².